The fourth-order valence-corrected chi connectivity index (χ4v) is 4.08. The molecule has 17 heavy (non-hydrogen) atoms. The molecule has 0 aromatic rings. The van der Waals surface area contributed by atoms with Gasteiger partial charge in [0.1, 0.15) is 0 Å². The average molecular weight is 282 g/mol. The molecule has 0 spiro atoms. The quantitative estimate of drug-likeness (QED) is 0.576. The fourth-order valence-electron chi connectivity index (χ4n) is 2.47. The minimum absolute atomic E-state index is 0.162. The Morgan fingerprint density at radius 3 is 2.71 bits per heavy atom. The highest BCUT2D eigenvalue weighted by Crippen LogP contribution is 2.26. The van der Waals surface area contributed by atoms with Gasteiger partial charge < -0.3 is 0 Å². The summed E-state index contributed by atoms with van der Waals surface area (Å²) in [6.45, 7) is 2.18. The molecule has 0 saturated heterocycles. The summed E-state index contributed by atoms with van der Waals surface area (Å²) in [4.78, 5) is 0. The van der Waals surface area contributed by atoms with Crippen LogP contribution in [0.1, 0.15) is 51.9 Å². The van der Waals surface area contributed by atoms with Gasteiger partial charge in [-0.2, -0.15) is 0 Å². The summed E-state index contributed by atoms with van der Waals surface area (Å²) in [6, 6.07) is 0.162. The van der Waals surface area contributed by atoms with E-state index in [9.17, 15) is 8.42 Å². The molecule has 2 unspecified atom stereocenters. The summed E-state index contributed by atoms with van der Waals surface area (Å²) >= 11 is 5.54. The van der Waals surface area contributed by atoms with E-state index in [2.05, 4.69) is 11.6 Å². The molecule has 1 N–H and O–H groups in total. The maximum Gasteiger partial charge on any atom is 0.211 e. The Bertz CT molecular complexity index is 306. The number of hydrogen-bond donors (Lipinski definition) is 1. The van der Waals surface area contributed by atoms with Crippen LogP contribution in [-0.2, 0) is 10.0 Å². The first-order chi connectivity index (χ1) is 8.07. The van der Waals surface area contributed by atoms with E-state index < -0.39 is 10.0 Å². The van der Waals surface area contributed by atoms with E-state index in [-0.39, 0.29) is 11.8 Å². The summed E-state index contributed by atoms with van der Waals surface area (Å²) in [5.41, 5.74) is 0. The molecule has 1 aliphatic rings. The first kappa shape index (κ1) is 15.3. The minimum Gasteiger partial charge on any atom is -0.212 e. The normalized spacial score (nSPS) is 26.0. The highest BCUT2D eigenvalue weighted by Gasteiger charge is 2.24. The number of nitrogens with one attached hydrogen (secondary N) is 1. The van der Waals surface area contributed by atoms with E-state index in [0.29, 0.717) is 18.2 Å². The lowest BCUT2D eigenvalue weighted by Gasteiger charge is -2.28. The summed E-state index contributed by atoms with van der Waals surface area (Å²) in [6.07, 6.45) is 6.97. The van der Waals surface area contributed by atoms with Crippen molar-refractivity contribution in [3.05, 3.63) is 0 Å². The lowest BCUT2D eigenvalue weighted by molar-refractivity contribution is 0.301. The standard InChI is InChI=1S/C12H24ClNO2S/c1-2-11-6-5-7-12(10-11)14-17(15,16)9-4-3-8-13/h11-12,14H,2-10H2,1H3. The van der Waals surface area contributed by atoms with E-state index in [4.69, 9.17) is 11.6 Å². The number of halogens is 1. The SMILES string of the molecule is CCC1CCCC(NS(=O)(=O)CCCCCl)C1. The zero-order valence-electron chi connectivity index (χ0n) is 10.6. The molecule has 3 nitrogen and oxygen atoms in total. The third-order valence-corrected chi connectivity index (χ3v) is 5.29. The molecule has 0 amide bonds. The zero-order chi connectivity index (χ0) is 12.7. The van der Waals surface area contributed by atoms with Gasteiger partial charge in [-0.05, 0) is 31.6 Å². The van der Waals surface area contributed by atoms with Crippen LogP contribution in [0.5, 0.6) is 0 Å². The summed E-state index contributed by atoms with van der Waals surface area (Å²) in [7, 11) is -3.09. The number of unbranched alkanes of at least 4 members (excludes halogenated alkanes) is 1. The molecule has 2 atom stereocenters. The van der Waals surface area contributed by atoms with Crippen LogP contribution in [0.3, 0.4) is 0 Å². The molecule has 1 saturated carbocycles. The van der Waals surface area contributed by atoms with Crippen molar-refractivity contribution in [1.29, 1.82) is 0 Å². The molecule has 0 aromatic heterocycles. The van der Waals surface area contributed by atoms with Crippen LogP contribution in [-0.4, -0.2) is 26.1 Å². The van der Waals surface area contributed by atoms with Crippen molar-refractivity contribution in [2.75, 3.05) is 11.6 Å². The predicted octanol–water partition coefficient (Wildman–Crippen LogP) is 2.89. The van der Waals surface area contributed by atoms with Gasteiger partial charge in [-0.3, -0.25) is 0 Å². The molecule has 1 aliphatic carbocycles. The number of hydrogen-bond acceptors (Lipinski definition) is 2. The van der Waals surface area contributed by atoms with Crippen molar-refractivity contribution in [2.24, 2.45) is 5.92 Å². The van der Waals surface area contributed by atoms with E-state index in [1.807, 2.05) is 0 Å². The zero-order valence-corrected chi connectivity index (χ0v) is 12.2. The van der Waals surface area contributed by atoms with Crippen molar-refractivity contribution >= 4 is 21.6 Å². The molecule has 1 fully saturated rings. The van der Waals surface area contributed by atoms with Crippen molar-refractivity contribution in [2.45, 2.75) is 57.9 Å². The van der Waals surface area contributed by atoms with Crippen LogP contribution in [0.25, 0.3) is 0 Å². The lowest BCUT2D eigenvalue weighted by Crippen LogP contribution is -2.39. The second-order valence-corrected chi connectivity index (χ2v) is 7.22. The van der Waals surface area contributed by atoms with E-state index in [1.54, 1.807) is 0 Å². The fraction of sp³-hybridized carbons (Fsp3) is 1.00. The molecule has 0 radical (unpaired) electrons. The molecular formula is C12H24ClNO2S. The van der Waals surface area contributed by atoms with Crippen LogP contribution in [0.15, 0.2) is 0 Å². The van der Waals surface area contributed by atoms with Crippen LogP contribution >= 0.6 is 11.6 Å². The average Bonchev–Trinajstić information content (AvgIpc) is 2.29. The molecular weight excluding hydrogens is 258 g/mol. The monoisotopic (exact) mass is 281 g/mol. The maximum absolute atomic E-state index is 11.8. The van der Waals surface area contributed by atoms with Gasteiger partial charge in [-0.1, -0.05) is 26.2 Å². The first-order valence-electron chi connectivity index (χ1n) is 6.63. The number of alkyl halides is 1. The Labute approximate surface area is 110 Å². The molecule has 0 aromatic carbocycles. The Hall–Kier alpha value is 0.200. The molecule has 0 heterocycles. The van der Waals surface area contributed by atoms with E-state index in [1.165, 1.54) is 6.42 Å². The molecule has 0 aliphatic heterocycles. The molecule has 1 rings (SSSR count). The number of rotatable bonds is 7. The van der Waals surface area contributed by atoms with Gasteiger partial charge in [0.2, 0.25) is 10.0 Å². The number of sulfonamides is 1. The van der Waals surface area contributed by atoms with Gasteiger partial charge >= 0.3 is 0 Å². The first-order valence-corrected chi connectivity index (χ1v) is 8.82. The van der Waals surface area contributed by atoms with Crippen molar-refractivity contribution in [3.8, 4) is 0 Å². The lowest BCUT2D eigenvalue weighted by atomic mass is 9.85. The Morgan fingerprint density at radius 1 is 1.29 bits per heavy atom. The Kier molecular flexibility index (Phi) is 6.82. The van der Waals surface area contributed by atoms with Crippen molar-refractivity contribution in [3.63, 3.8) is 0 Å². The predicted molar refractivity (Wildman–Crippen MR) is 72.9 cm³/mol. The summed E-state index contributed by atoms with van der Waals surface area (Å²) in [5.74, 6) is 1.45. The topological polar surface area (TPSA) is 46.2 Å². The van der Waals surface area contributed by atoms with Gasteiger partial charge in [0.25, 0.3) is 0 Å². The van der Waals surface area contributed by atoms with Crippen LogP contribution in [0.2, 0.25) is 0 Å². The second kappa shape index (κ2) is 7.59. The van der Waals surface area contributed by atoms with Crippen LogP contribution in [0.4, 0.5) is 0 Å². The second-order valence-electron chi connectivity index (χ2n) is 4.97. The highest BCUT2D eigenvalue weighted by molar-refractivity contribution is 7.89. The smallest absolute Gasteiger partial charge is 0.211 e. The third kappa shape index (κ3) is 6.07. The van der Waals surface area contributed by atoms with Crippen molar-refractivity contribution in [1.82, 2.24) is 4.72 Å². The van der Waals surface area contributed by atoms with Gasteiger partial charge in [0.05, 0.1) is 5.75 Å². The Balaban J connectivity index is 2.36. The molecule has 102 valence electrons. The maximum atomic E-state index is 11.8. The van der Waals surface area contributed by atoms with Crippen molar-refractivity contribution < 1.29 is 8.42 Å². The third-order valence-electron chi connectivity index (χ3n) is 3.50. The van der Waals surface area contributed by atoms with E-state index >= 15 is 0 Å². The molecule has 5 heteroatoms. The van der Waals surface area contributed by atoms with Crippen LogP contribution < -0.4 is 4.72 Å². The summed E-state index contributed by atoms with van der Waals surface area (Å²) < 4.78 is 26.5. The van der Waals surface area contributed by atoms with Gasteiger partial charge in [0.15, 0.2) is 0 Å². The van der Waals surface area contributed by atoms with Crippen LogP contribution in [0, 0.1) is 5.92 Å². The van der Waals surface area contributed by atoms with Gasteiger partial charge in [-0.25, -0.2) is 13.1 Å². The minimum atomic E-state index is -3.09. The summed E-state index contributed by atoms with van der Waals surface area (Å²) in [5, 5.41) is 0. The van der Waals surface area contributed by atoms with Gasteiger partial charge in [-0.15, -0.1) is 11.6 Å². The van der Waals surface area contributed by atoms with E-state index in [0.717, 1.165) is 32.1 Å². The largest absolute Gasteiger partial charge is 0.212 e. The molecule has 0 bridgehead atoms. The van der Waals surface area contributed by atoms with Gasteiger partial charge in [0, 0.05) is 11.9 Å². The Morgan fingerprint density at radius 2 is 2.06 bits per heavy atom. The highest BCUT2D eigenvalue weighted by atomic mass is 35.5.